The van der Waals surface area contributed by atoms with Gasteiger partial charge in [-0.3, -0.25) is 0 Å². The maximum absolute atomic E-state index is 2.43. The average molecular weight is 175 g/mol. The third kappa shape index (κ3) is 1.43. The molecule has 0 radical (unpaired) electrons. The topological polar surface area (TPSA) is 4.93 Å². The Morgan fingerprint density at radius 1 is 1.15 bits per heavy atom. The van der Waals surface area contributed by atoms with Crippen molar-refractivity contribution in [2.24, 2.45) is 5.92 Å². The van der Waals surface area contributed by atoms with Crippen LogP contribution < -0.4 is 0 Å². The fraction of sp³-hybridized carbons (Fsp3) is 0.500. The van der Waals surface area contributed by atoms with Gasteiger partial charge in [-0.25, -0.2) is 0 Å². The molecule has 1 aliphatic carbocycles. The van der Waals surface area contributed by atoms with Gasteiger partial charge < -0.3 is 4.57 Å². The summed E-state index contributed by atoms with van der Waals surface area (Å²) in [7, 11) is 0. The summed E-state index contributed by atoms with van der Waals surface area (Å²) < 4.78 is 2.43. The Balaban J connectivity index is 2.31. The van der Waals surface area contributed by atoms with Gasteiger partial charge in [0.05, 0.1) is 6.04 Å². The molecule has 0 aliphatic heterocycles. The van der Waals surface area contributed by atoms with Crippen LogP contribution in [0.1, 0.15) is 30.8 Å². The number of allylic oxidation sites excluding steroid dienone is 2. The van der Waals surface area contributed by atoms with Crippen molar-refractivity contribution in [2.45, 2.75) is 33.2 Å². The molecule has 0 saturated carbocycles. The highest BCUT2D eigenvalue weighted by Gasteiger charge is 2.18. The summed E-state index contributed by atoms with van der Waals surface area (Å²) in [5.41, 5.74) is 2.75. The van der Waals surface area contributed by atoms with E-state index in [1.807, 2.05) is 0 Å². The third-order valence-electron chi connectivity index (χ3n) is 2.93. The fourth-order valence-corrected chi connectivity index (χ4v) is 2.25. The lowest BCUT2D eigenvalue weighted by atomic mass is 10.1. The maximum atomic E-state index is 2.43. The Kier molecular flexibility index (Phi) is 2.03. The fourth-order valence-electron chi connectivity index (χ4n) is 2.25. The van der Waals surface area contributed by atoms with E-state index in [4.69, 9.17) is 0 Å². The van der Waals surface area contributed by atoms with Crippen molar-refractivity contribution in [1.82, 2.24) is 4.57 Å². The number of nitrogens with zero attached hydrogens (tertiary/aromatic N) is 1. The van der Waals surface area contributed by atoms with Crippen LogP contribution in [0.3, 0.4) is 0 Å². The predicted molar refractivity (Wildman–Crippen MR) is 55.9 cm³/mol. The van der Waals surface area contributed by atoms with Crippen molar-refractivity contribution >= 4 is 0 Å². The van der Waals surface area contributed by atoms with Crippen molar-refractivity contribution in [2.75, 3.05) is 0 Å². The first kappa shape index (κ1) is 8.61. The van der Waals surface area contributed by atoms with Crippen LogP contribution in [0.4, 0.5) is 0 Å². The van der Waals surface area contributed by atoms with E-state index >= 15 is 0 Å². The molecule has 1 aromatic heterocycles. The van der Waals surface area contributed by atoms with Crippen molar-refractivity contribution in [3.63, 3.8) is 0 Å². The van der Waals surface area contributed by atoms with Gasteiger partial charge in [0.1, 0.15) is 0 Å². The quantitative estimate of drug-likeness (QED) is 0.577. The summed E-state index contributed by atoms with van der Waals surface area (Å²) in [6.45, 7) is 6.65. The molecule has 0 unspecified atom stereocenters. The van der Waals surface area contributed by atoms with E-state index in [9.17, 15) is 0 Å². The maximum Gasteiger partial charge on any atom is 0.0521 e. The summed E-state index contributed by atoms with van der Waals surface area (Å²) in [6.07, 6.45) is 5.92. The molecule has 1 heterocycles. The Morgan fingerprint density at radius 2 is 1.77 bits per heavy atom. The molecule has 1 heteroatoms. The molecule has 13 heavy (non-hydrogen) atoms. The van der Waals surface area contributed by atoms with Gasteiger partial charge in [0.15, 0.2) is 0 Å². The molecule has 0 N–H and O–H groups in total. The van der Waals surface area contributed by atoms with Gasteiger partial charge in [0.25, 0.3) is 0 Å². The summed E-state index contributed by atoms with van der Waals surface area (Å²) in [6, 6.07) is 5.00. The monoisotopic (exact) mass is 175 g/mol. The van der Waals surface area contributed by atoms with Crippen molar-refractivity contribution in [1.29, 1.82) is 0 Å². The molecule has 0 amide bonds. The van der Waals surface area contributed by atoms with Gasteiger partial charge in [-0.1, -0.05) is 19.1 Å². The number of hydrogen-bond acceptors (Lipinski definition) is 0. The molecule has 1 aliphatic rings. The lowest BCUT2D eigenvalue weighted by Gasteiger charge is -2.16. The van der Waals surface area contributed by atoms with Gasteiger partial charge in [-0.05, 0) is 38.3 Å². The van der Waals surface area contributed by atoms with Crippen LogP contribution in [0.5, 0.6) is 0 Å². The van der Waals surface area contributed by atoms with Crippen LogP contribution in [-0.2, 0) is 0 Å². The Bertz CT molecular complexity index is 313. The van der Waals surface area contributed by atoms with Gasteiger partial charge in [-0.2, -0.15) is 0 Å². The molecule has 0 fully saturated rings. The van der Waals surface area contributed by atoms with Crippen molar-refractivity contribution in [3.8, 4) is 0 Å². The Labute approximate surface area is 80.1 Å². The second-order valence-corrected chi connectivity index (χ2v) is 4.15. The lowest BCUT2D eigenvalue weighted by Crippen LogP contribution is -2.08. The Hall–Kier alpha value is -0.980. The molecular formula is C12H17N. The van der Waals surface area contributed by atoms with E-state index in [1.54, 1.807) is 0 Å². The zero-order valence-electron chi connectivity index (χ0n) is 8.62. The van der Waals surface area contributed by atoms with E-state index in [2.05, 4.69) is 49.6 Å². The summed E-state index contributed by atoms with van der Waals surface area (Å²) in [4.78, 5) is 0. The number of hydrogen-bond donors (Lipinski definition) is 0. The molecule has 0 saturated heterocycles. The van der Waals surface area contributed by atoms with E-state index in [-0.39, 0.29) is 0 Å². The lowest BCUT2D eigenvalue weighted by molar-refractivity contribution is 0.514. The molecule has 0 bridgehead atoms. The predicted octanol–water partition coefficient (Wildman–Crippen LogP) is 3.24. The van der Waals surface area contributed by atoms with Crippen LogP contribution in [0.2, 0.25) is 0 Å². The minimum absolute atomic E-state index is 0.602. The Morgan fingerprint density at radius 3 is 2.23 bits per heavy atom. The second-order valence-electron chi connectivity index (χ2n) is 4.15. The van der Waals surface area contributed by atoms with Crippen molar-refractivity contribution < 1.29 is 0 Å². The van der Waals surface area contributed by atoms with Crippen LogP contribution in [0.15, 0.2) is 24.3 Å². The van der Waals surface area contributed by atoms with Crippen molar-refractivity contribution in [3.05, 3.63) is 35.7 Å². The molecule has 1 nitrogen and oxygen atoms in total. The van der Waals surface area contributed by atoms with Gasteiger partial charge in [0.2, 0.25) is 0 Å². The van der Waals surface area contributed by atoms with E-state index in [1.165, 1.54) is 17.8 Å². The third-order valence-corrected chi connectivity index (χ3v) is 2.93. The normalized spacial score (nSPS) is 27.0. The number of aromatic nitrogens is 1. The van der Waals surface area contributed by atoms with Gasteiger partial charge in [-0.15, -0.1) is 0 Å². The van der Waals surface area contributed by atoms with Gasteiger partial charge in [0, 0.05) is 11.4 Å². The number of aryl methyl sites for hydroxylation is 2. The molecule has 1 aromatic rings. The standard InChI is InChI=1S/C12H17N/c1-9-4-7-12(8-9)13-10(2)5-6-11(13)3/h4-7,9,12H,8H2,1-3H3/t9-,12+/m0/s1. The average Bonchev–Trinajstić information content (AvgIpc) is 2.60. The smallest absolute Gasteiger partial charge is 0.0521 e. The molecular weight excluding hydrogens is 158 g/mol. The highest BCUT2D eigenvalue weighted by atomic mass is 15.0. The molecule has 0 spiro atoms. The van der Waals surface area contributed by atoms with Crippen LogP contribution in [-0.4, -0.2) is 4.57 Å². The first-order valence-corrected chi connectivity index (χ1v) is 5.01. The van der Waals surface area contributed by atoms with Gasteiger partial charge >= 0.3 is 0 Å². The summed E-state index contributed by atoms with van der Waals surface area (Å²) in [5, 5.41) is 0. The first-order chi connectivity index (χ1) is 6.18. The van der Waals surface area contributed by atoms with E-state index in [0.717, 1.165) is 5.92 Å². The summed E-state index contributed by atoms with van der Waals surface area (Å²) in [5.74, 6) is 0.742. The minimum Gasteiger partial charge on any atom is -0.342 e. The SMILES string of the molecule is Cc1ccc(C)n1[C@@H]1C=C[C@H](C)C1. The highest BCUT2D eigenvalue weighted by Crippen LogP contribution is 2.29. The molecule has 70 valence electrons. The van der Waals surface area contributed by atoms with Crippen LogP contribution in [0, 0.1) is 19.8 Å². The van der Waals surface area contributed by atoms with Crippen LogP contribution >= 0.6 is 0 Å². The second kappa shape index (κ2) is 3.06. The zero-order valence-corrected chi connectivity index (χ0v) is 8.62. The largest absolute Gasteiger partial charge is 0.342 e. The molecule has 2 atom stereocenters. The minimum atomic E-state index is 0.602. The molecule has 0 aromatic carbocycles. The highest BCUT2D eigenvalue weighted by molar-refractivity contribution is 5.19. The van der Waals surface area contributed by atoms with E-state index in [0.29, 0.717) is 6.04 Å². The first-order valence-electron chi connectivity index (χ1n) is 5.01. The number of rotatable bonds is 1. The summed E-state index contributed by atoms with van der Waals surface area (Å²) >= 11 is 0. The van der Waals surface area contributed by atoms with Crippen LogP contribution in [0.25, 0.3) is 0 Å². The van der Waals surface area contributed by atoms with E-state index < -0.39 is 0 Å². The zero-order chi connectivity index (χ0) is 9.42. The molecule has 2 rings (SSSR count).